The molecule has 0 spiro atoms. The van der Waals surface area contributed by atoms with Crippen molar-refractivity contribution in [1.82, 2.24) is 0 Å². The van der Waals surface area contributed by atoms with Crippen molar-refractivity contribution in [3.05, 3.63) is 0 Å². The van der Waals surface area contributed by atoms with Crippen LogP contribution in [0.1, 0.15) is 59.8 Å². The third kappa shape index (κ3) is 1.68. The number of alkyl halides is 1. The highest BCUT2D eigenvalue weighted by Crippen LogP contribution is 2.67. The van der Waals surface area contributed by atoms with Crippen LogP contribution in [-0.4, -0.2) is 29.8 Å². The molecule has 2 aliphatic carbocycles. The molecule has 0 amide bonds. The SMILES string of the molecule is CC(=O)O[C@@]12CC[C@H]3C(C)(C)CCC[C@]3(C)[C@@]1(F)COC2=O. The molecule has 124 valence electrons. The highest BCUT2D eigenvalue weighted by atomic mass is 19.1. The summed E-state index contributed by atoms with van der Waals surface area (Å²) in [5.41, 5.74) is -4.39. The number of ether oxygens (including phenoxy) is 2. The molecule has 3 rings (SSSR count). The van der Waals surface area contributed by atoms with E-state index >= 15 is 4.39 Å². The van der Waals surface area contributed by atoms with Crippen LogP contribution < -0.4 is 0 Å². The lowest BCUT2D eigenvalue weighted by molar-refractivity contribution is -0.232. The van der Waals surface area contributed by atoms with Crippen molar-refractivity contribution in [1.29, 1.82) is 0 Å². The van der Waals surface area contributed by atoms with Crippen molar-refractivity contribution >= 4 is 11.9 Å². The minimum Gasteiger partial charge on any atom is -0.459 e. The van der Waals surface area contributed by atoms with E-state index in [1.54, 1.807) is 0 Å². The second-order valence-electron chi connectivity index (χ2n) is 8.15. The topological polar surface area (TPSA) is 52.6 Å². The Kier molecular flexibility index (Phi) is 3.19. The van der Waals surface area contributed by atoms with E-state index < -0.39 is 28.6 Å². The predicted molar refractivity (Wildman–Crippen MR) is 77.8 cm³/mol. The molecule has 1 aliphatic heterocycles. The minimum atomic E-state index is -1.94. The molecule has 0 aromatic heterocycles. The first-order chi connectivity index (χ1) is 10.1. The van der Waals surface area contributed by atoms with Crippen LogP contribution in [0.4, 0.5) is 4.39 Å². The number of fused-ring (bicyclic) bond motifs is 3. The first-order valence-corrected chi connectivity index (χ1v) is 8.15. The molecule has 4 atom stereocenters. The number of cyclic esters (lactones) is 1. The van der Waals surface area contributed by atoms with Gasteiger partial charge >= 0.3 is 11.9 Å². The fraction of sp³-hybridized carbons (Fsp3) is 0.882. The van der Waals surface area contributed by atoms with Gasteiger partial charge in [0.25, 0.3) is 0 Å². The Hall–Kier alpha value is -1.13. The lowest BCUT2D eigenvalue weighted by Crippen LogP contribution is -2.70. The van der Waals surface area contributed by atoms with Gasteiger partial charge < -0.3 is 9.47 Å². The Labute approximate surface area is 130 Å². The van der Waals surface area contributed by atoms with E-state index in [9.17, 15) is 9.59 Å². The molecule has 0 aromatic carbocycles. The number of hydrogen-bond acceptors (Lipinski definition) is 4. The van der Waals surface area contributed by atoms with Crippen LogP contribution in [0.3, 0.4) is 0 Å². The zero-order valence-corrected chi connectivity index (χ0v) is 13.8. The average molecular weight is 312 g/mol. The lowest BCUT2D eigenvalue weighted by atomic mass is 9.44. The van der Waals surface area contributed by atoms with E-state index in [2.05, 4.69) is 13.8 Å². The van der Waals surface area contributed by atoms with Crippen molar-refractivity contribution < 1.29 is 23.5 Å². The molecule has 0 bridgehead atoms. The highest BCUT2D eigenvalue weighted by molar-refractivity contribution is 5.87. The van der Waals surface area contributed by atoms with E-state index in [0.29, 0.717) is 12.8 Å². The van der Waals surface area contributed by atoms with Crippen LogP contribution in [0.15, 0.2) is 0 Å². The summed E-state index contributed by atoms with van der Waals surface area (Å²) in [5, 5.41) is 0. The van der Waals surface area contributed by atoms with Gasteiger partial charge in [-0.3, -0.25) is 4.79 Å². The molecule has 2 saturated carbocycles. The lowest BCUT2D eigenvalue weighted by Gasteiger charge is -2.61. The van der Waals surface area contributed by atoms with Crippen LogP contribution in [0, 0.1) is 16.7 Å². The van der Waals surface area contributed by atoms with Crippen molar-refractivity contribution in [2.75, 3.05) is 6.61 Å². The highest BCUT2D eigenvalue weighted by Gasteiger charge is 2.78. The molecule has 22 heavy (non-hydrogen) atoms. The van der Waals surface area contributed by atoms with Crippen LogP contribution >= 0.6 is 0 Å². The fourth-order valence-corrected chi connectivity index (χ4v) is 5.56. The first-order valence-electron chi connectivity index (χ1n) is 8.15. The van der Waals surface area contributed by atoms with Gasteiger partial charge in [-0.05, 0) is 30.6 Å². The molecule has 3 aliphatic rings. The molecule has 0 radical (unpaired) electrons. The van der Waals surface area contributed by atoms with E-state index in [0.717, 1.165) is 12.8 Å². The van der Waals surface area contributed by atoms with Crippen molar-refractivity contribution in [3.8, 4) is 0 Å². The quantitative estimate of drug-likeness (QED) is 0.698. The monoisotopic (exact) mass is 312 g/mol. The molecule has 5 heteroatoms. The molecule has 0 aromatic rings. The Morgan fingerprint density at radius 3 is 2.59 bits per heavy atom. The van der Waals surface area contributed by atoms with E-state index in [-0.39, 0.29) is 24.4 Å². The third-order valence-electron chi connectivity index (χ3n) is 6.61. The summed E-state index contributed by atoms with van der Waals surface area (Å²) in [6, 6.07) is 0. The van der Waals surface area contributed by atoms with Crippen molar-refractivity contribution in [2.45, 2.75) is 71.1 Å². The maximum absolute atomic E-state index is 16.3. The Bertz CT molecular complexity index is 531. The summed E-state index contributed by atoms with van der Waals surface area (Å²) in [6.45, 7) is 7.18. The van der Waals surface area contributed by atoms with E-state index in [4.69, 9.17) is 9.47 Å². The summed E-state index contributed by atoms with van der Waals surface area (Å²) in [5.74, 6) is -1.19. The number of esters is 2. The Morgan fingerprint density at radius 1 is 1.27 bits per heavy atom. The fourth-order valence-electron chi connectivity index (χ4n) is 5.56. The molecule has 0 unspecified atom stereocenters. The van der Waals surface area contributed by atoms with Gasteiger partial charge in [0.15, 0.2) is 0 Å². The molecule has 0 N–H and O–H groups in total. The predicted octanol–water partition coefficient (Wildman–Crippen LogP) is 3.18. The maximum atomic E-state index is 16.3. The second-order valence-corrected chi connectivity index (χ2v) is 8.15. The number of halogens is 1. The third-order valence-corrected chi connectivity index (χ3v) is 6.61. The van der Waals surface area contributed by atoms with Gasteiger partial charge in [0.05, 0.1) is 0 Å². The van der Waals surface area contributed by atoms with Gasteiger partial charge in [-0.15, -0.1) is 0 Å². The zero-order chi connectivity index (χ0) is 16.4. The summed E-state index contributed by atoms with van der Waals surface area (Å²) >= 11 is 0. The summed E-state index contributed by atoms with van der Waals surface area (Å²) in [7, 11) is 0. The summed E-state index contributed by atoms with van der Waals surface area (Å²) < 4.78 is 26.7. The van der Waals surface area contributed by atoms with Crippen LogP contribution in [0.2, 0.25) is 0 Å². The number of rotatable bonds is 1. The summed E-state index contributed by atoms with van der Waals surface area (Å²) in [6.07, 6.45) is 3.55. The van der Waals surface area contributed by atoms with Gasteiger partial charge in [0.1, 0.15) is 6.61 Å². The second kappa shape index (κ2) is 4.45. The zero-order valence-electron chi connectivity index (χ0n) is 13.8. The van der Waals surface area contributed by atoms with Crippen LogP contribution in [0.5, 0.6) is 0 Å². The molecule has 1 saturated heterocycles. The van der Waals surface area contributed by atoms with Gasteiger partial charge in [-0.1, -0.05) is 27.2 Å². The summed E-state index contributed by atoms with van der Waals surface area (Å²) in [4.78, 5) is 23.8. The minimum absolute atomic E-state index is 0.0140. The normalized spacial score (nSPS) is 46.4. The first kappa shape index (κ1) is 15.8. The van der Waals surface area contributed by atoms with Gasteiger partial charge in [0.2, 0.25) is 11.3 Å². The number of hydrogen-bond donors (Lipinski definition) is 0. The average Bonchev–Trinajstić information content (AvgIpc) is 2.64. The van der Waals surface area contributed by atoms with Crippen LogP contribution in [-0.2, 0) is 19.1 Å². The van der Waals surface area contributed by atoms with Gasteiger partial charge in [0, 0.05) is 18.8 Å². The van der Waals surface area contributed by atoms with E-state index in [1.807, 2.05) is 6.92 Å². The maximum Gasteiger partial charge on any atom is 0.354 e. The smallest absolute Gasteiger partial charge is 0.354 e. The van der Waals surface area contributed by atoms with Crippen LogP contribution in [0.25, 0.3) is 0 Å². The Morgan fingerprint density at radius 2 is 1.95 bits per heavy atom. The Balaban J connectivity index is 2.11. The number of carbonyl (C=O) groups excluding carboxylic acids is 2. The standard InChI is InChI=1S/C17H25FO4/c1-11(19)22-16-9-6-12-14(2,3)7-5-8-15(12,4)17(16,18)10-21-13(16)20/h12H,5-10H2,1-4H3/t12-,15-,16+,17-/m0/s1. The van der Waals surface area contributed by atoms with E-state index in [1.165, 1.54) is 6.92 Å². The molecule has 4 nitrogen and oxygen atoms in total. The largest absolute Gasteiger partial charge is 0.459 e. The molecule has 3 fully saturated rings. The van der Waals surface area contributed by atoms with Crippen molar-refractivity contribution in [3.63, 3.8) is 0 Å². The number of carbonyl (C=O) groups is 2. The van der Waals surface area contributed by atoms with Crippen molar-refractivity contribution in [2.24, 2.45) is 16.7 Å². The molecular weight excluding hydrogens is 287 g/mol. The van der Waals surface area contributed by atoms with Gasteiger partial charge in [-0.25, -0.2) is 9.18 Å². The molecule has 1 heterocycles. The molecular formula is C17H25FO4. The van der Waals surface area contributed by atoms with Gasteiger partial charge in [-0.2, -0.15) is 0 Å².